The Labute approximate surface area is 182 Å². The van der Waals surface area contributed by atoms with E-state index in [1.807, 2.05) is 12.1 Å². The van der Waals surface area contributed by atoms with Crippen LogP contribution in [0.1, 0.15) is 40.7 Å². The summed E-state index contributed by atoms with van der Waals surface area (Å²) < 4.78 is 10.7. The minimum Gasteiger partial charge on any atom is -0.493 e. The van der Waals surface area contributed by atoms with Crippen molar-refractivity contribution in [3.8, 4) is 11.5 Å². The van der Waals surface area contributed by atoms with Crippen LogP contribution in [0.15, 0.2) is 42.5 Å². The Hall–Kier alpha value is -2.86. The predicted molar refractivity (Wildman–Crippen MR) is 117 cm³/mol. The average molecular weight is 424 g/mol. The molecule has 6 heteroatoms. The molecule has 1 unspecified atom stereocenters. The predicted octanol–water partition coefficient (Wildman–Crippen LogP) is 3.82. The Balaban J connectivity index is 1.34. The van der Waals surface area contributed by atoms with Crippen LogP contribution in [0.2, 0.25) is 0 Å². The molecule has 0 radical (unpaired) electrons. The third-order valence-corrected chi connectivity index (χ3v) is 6.42. The van der Waals surface area contributed by atoms with E-state index in [9.17, 15) is 9.59 Å². The highest BCUT2D eigenvalue weighted by Crippen LogP contribution is 2.39. The molecular weight excluding hydrogens is 394 g/mol. The van der Waals surface area contributed by atoms with E-state index < -0.39 is 12.6 Å². The fraction of sp³-hybridized carbons (Fsp3) is 0.440. The van der Waals surface area contributed by atoms with Gasteiger partial charge in [-0.15, -0.1) is 0 Å². The van der Waals surface area contributed by atoms with Crippen molar-refractivity contribution in [1.82, 2.24) is 4.90 Å². The highest BCUT2D eigenvalue weighted by atomic mass is 16.5. The fourth-order valence-electron chi connectivity index (χ4n) is 4.80. The quantitative estimate of drug-likeness (QED) is 0.696. The van der Waals surface area contributed by atoms with Crippen LogP contribution >= 0.6 is 0 Å². The number of methoxy groups -OCH3 is 1. The topological polar surface area (TPSA) is 76.1 Å². The van der Waals surface area contributed by atoms with E-state index in [1.165, 1.54) is 12.7 Å². The Bertz CT molecular complexity index is 934. The number of benzene rings is 2. The lowest BCUT2D eigenvalue weighted by Crippen LogP contribution is -2.34. The summed E-state index contributed by atoms with van der Waals surface area (Å²) in [7, 11) is 1.52. The number of carbonyl (C=O) groups excluding carboxylic acids is 1. The number of hydrogen-bond acceptors (Lipinski definition) is 5. The van der Waals surface area contributed by atoms with Gasteiger partial charge in [0.15, 0.2) is 23.9 Å². The van der Waals surface area contributed by atoms with E-state index in [1.54, 1.807) is 6.07 Å². The molecule has 0 aromatic heterocycles. The normalized spacial score (nSPS) is 19.3. The van der Waals surface area contributed by atoms with Gasteiger partial charge in [-0.1, -0.05) is 30.3 Å². The number of carbonyl (C=O) groups is 2. The van der Waals surface area contributed by atoms with Crippen LogP contribution in [-0.4, -0.2) is 48.6 Å². The molecule has 1 aliphatic carbocycles. The lowest BCUT2D eigenvalue weighted by atomic mass is 9.85. The van der Waals surface area contributed by atoms with Crippen LogP contribution in [0.4, 0.5) is 0 Å². The largest absolute Gasteiger partial charge is 0.493 e. The number of piperidine rings is 1. The number of rotatable bonds is 8. The van der Waals surface area contributed by atoms with E-state index in [0.717, 1.165) is 44.5 Å². The number of nitrogens with zero attached hydrogens (tertiary/aromatic N) is 1. The molecule has 164 valence electrons. The number of likely N-dealkylation sites (tertiary alicyclic amines) is 1. The Morgan fingerprint density at radius 1 is 1.13 bits per heavy atom. The molecule has 0 amide bonds. The summed E-state index contributed by atoms with van der Waals surface area (Å²) in [6, 6.07) is 14.0. The SMILES string of the molecule is COc1cc2c(cc1OCC(=O)O)C(=O)C(CC1CCN(Cc3ccccc3)CC1)C2. The first-order chi connectivity index (χ1) is 15.0. The van der Waals surface area contributed by atoms with Crippen molar-refractivity contribution in [2.75, 3.05) is 26.8 Å². The first kappa shape index (κ1) is 21.4. The van der Waals surface area contributed by atoms with Crippen molar-refractivity contribution >= 4 is 11.8 Å². The molecule has 1 fully saturated rings. The van der Waals surface area contributed by atoms with Gasteiger partial charge in [0.25, 0.3) is 0 Å². The zero-order chi connectivity index (χ0) is 21.8. The summed E-state index contributed by atoms with van der Waals surface area (Å²) in [5, 5.41) is 8.87. The standard InChI is InChI=1S/C25H29NO5/c1-30-22-13-19-12-20(25(29)21(19)14-23(22)31-16-24(27)28)11-17-7-9-26(10-8-17)15-18-5-3-2-4-6-18/h2-6,13-14,17,20H,7-12,15-16H2,1H3,(H,27,28). The molecule has 6 nitrogen and oxygen atoms in total. The van der Waals surface area contributed by atoms with Crippen molar-refractivity contribution in [3.05, 3.63) is 59.2 Å². The van der Waals surface area contributed by atoms with Gasteiger partial charge >= 0.3 is 5.97 Å². The maximum atomic E-state index is 13.0. The second-order valence-corrected chi connectivity index (χ2v) is 8.55. The summed E-state index contributed by atoms with van der Waals surface area (Å²) in [4.78, 5) is 26.4. The van der Waals surface area contributed by atoms with Gasteiger partial charge in [-0.2, -0.15) is 0 Å². The highest BCUT2D eigenvalue weighted by molar-refractivity contribution is 6.03. The van der Waals surface area contributed by atoms with Gasteiger partial charge < -0.3 is 14.6 Å². The molecule has 0 spiro atoms. The first-order valence-corrected chi connectivity index (χ1v) is 10.9. The van der Waals surface area contributed by atoms with E-state index >= 15 is 0 Å². The number of fused-ring (bicyclic) bond motifs is 1. The van der Waals surface area contributed by atoms with Crippen LogP contribution in [0.25, 0.3) is 0 Å². The fourth-order valence-corrected chi connectivity index (χ4v) is 4.80. The molecule has 4 rings (SSSR count). The van der Waals surface area contributed by atoms with Gasteiger partial charge in [0.2, 0.25) is 0 Å². The average Bonchev–Trinajstić information content (AvgIpc) is 3.08. The van der Waals surface area contributed by atoms with Crippen molar-refractivity contribution in [3.63, 3.8) is 0 Å². The van der Waals surface area contributed by atoms with Gasteiger partial charge in [-0.3, -0.25) is 9.69 Å². The van der Waals surface area contributed by atoms with Crippen LogP contribution in [0, 0.1) is 11.8 Å². The van der Waals surface area contributed by atoms with Crippen LogP contribution < -0.4 is 9.47 Å². The molecule has 1 N–H and O–H groups in total. The van der Waals surface area contributed by atoms with E-state index in [4.69, 9.17) is 14.6 Å². The van der Waals surface area contributed by atoms with Crippen LogP contribution in [0.5, 0.6) is 11.5 Å². The van der Waals surface area contributed by atoms with Crippen molar-refractivity contribution in [2.45, 2.75) is 32.2 Å². The maximum Gasteiger partial charge on any atom is 0.341 e. The number of aliphatic carboxylic acids is 1. The highest BCUT2D eigenvalue weighted by Gasteiger charge is 2.34. The third-order valence-electron chi connectivity index (χ3n) is 6.42. The molecule has 2 aromatic carbocycles. The molecule has 0 bridgehead atoms. The number of hydrogen-bond donors (Lipinski definition) is 1. The Morgan fingerprint density at radius 3 is 2.55 bits per heavy atom. The first-order valence-electron chi connectivity index (χ1n) is 10.9. The monoisotopic (exact) mass is 423 g/mol. The minimum absolute atomic E-state index is 0.0138. The number of carboxylic acid groups (broad SMARTS) is 1. The summed E-state index contributed by atoms with van der Waals surface area (Å²) in [6.07, 6.45) is 3.85. The molecule has 0 saturated carbocycles. The zero-order valence-electron chi connectivity index (χ0n) is 17.9. The molecule has 2 aromatic rings. The number of Topliss-reactive ketones (excluding diaryl/α,β-unsaturated/α-hetero) is 1. The van der Waals surface area contributed by atoms with Crippen molar-refractivity contribution in [2.24, 2.45) is 11.8 Å². The van der Waals surface area contributed by atoms with E-state index in [2.05, 4.69) is 29.2 Å². The summed E-state index contributed by atoms with van der Waals surface area (Å²) in [6.45, 7) is 2.65. The summed E-state index contributed by atoms with van der Waals surface area (Å²) in [5.41, 5.74) is 2.96. The maximum absolute atomic E-state index is 13.0. The lowest BCUT2D eigenvalue weighted by Gasteiger charge is -2.32. The van der Waals surface area contributed by atoms with Crippen molar-refractivity contribution < 1.29 is 24.2 Å². The smallest absolute Gasteiger partial charge is 0.341 e. The number of ether oxygens (including phenoxy) is 2. The molecular formula is C25H29NO5. The lowest BCUT2D eigenvalue weighted by molar-refractivity contribution is -0.139. The van der Waals surface area contributed by atoms with Gasteiger partial charge in [-0.05, 0) is 68.0 Å². The van der Waals surface area contributed by atoms with Gasteiger partial charge in [0.05, 0.1) is 7.11 Å². The van der Waals surface area contributed by atoms with Gasteiger partial charge in [-0.25, -0.2) is 4.79 Å². The van der Waals surface area contributed by atoms with Crippen LogP contribution in [-0.2, 0) is 17.8 Å². The summed E-state index contributed by atoms with van der Waals surface area (Å²) >= 11 is 0. The van der Waals surface area contributed by atoms with E-state index in [-0.39, 0.29) is 11.7 Å². The molecule has 2 aliphatic rings. The Kier molecular flexibility index (Phi) is 6.56. The second kappa shape index (κ2) is 9.52. The van der Waals surface area contributed by atoms with Gasteiger partial charge in [0.1, 0.15) is 0 Å². The second-order valence-electron chi connectivity index (χ2n) is 8.55. The number of carboxylic acids is 1. The molecule has 1 aliphatic heterocycles. The van der Waals surface area contributed by atoms with Crippen LogP contribution in [0.3, 0.4) is 0 Å². The number of ketones is 1. The molecule has 31 heavy (non-hydrogen) atoms. The zero-order valence-corrected chi connectivity index (χ0v) is 17.9. The minimum atomic E-state index is -1.06. The third kappa shape index (κ3) is 5.07. The molecule has 1 saturated heterocycles. The molecule has 1 heterocycles. The molecule has 1 atom stereocenters. The van der Waals surface area contributed by atoms with Gasteiger partial charge in [0, 0.05) is 18.0 Å². The summed E-state index contributed by atoms with van der Waals surface area (Å²) in [5.74, 6) is 0.407. The van der Waals surface area contributed by atoms with Crippen molar-refractivity contribution in [1.29, 1.82) is 0 Å². The Morgan fingerprint density at radius 2 is 1.87 bits per heavy atom. The van der Waals surface area contributed by atoms with E-state index in [0.29, 0.717) is 29.4 Å².